The Kier molecular flexibility index (Phi) is 7.08. The van der Waals surface area contributed by atoms with Crippen LogP contribution >= 0.6 is 0 Å². The smallest absolute Gasteiger partial charge is 0.311 e. The Hall–Kier alpha value is -4.76. The largest absolute Gasteiger partial charge is 0.466 e. The number of aryl methyl sites for hydroxylation is 1. The van der Waals surface area contributed by atoms with Gasteiger partial charge in [-0.25, -0.2) is 31.3 Å². The van der Waals surface area contributed by atoms with Crippen LogP contribution in [0.5, 0.6) is 0 Å². The van der Waals surface area contributed by atoms with Crippen LogP contribution in [-0.2, 0) is 19.6 Å². The number of halogens is 1. The van der Waals surface area contributed by atoms with E-state index in [0.29, 0.717) is 23.5 Å². The van der Waals surface area contributed by atoms with E-state index in [1.807, 2.05) is 6.92 Å². The average molecular weight is 627 g/mol. The van der Waals surface area contributed by atoms with Crippen molar-refractivity contribution in [2.24, 2.45) is 17.8 Å². The van der Waals surface area contributed by atoms with E-state index in [1.165, 1.54) is 24.4 Å². The molecule has 8 rings (SSSR count). The zero-order valence-corrected chi connectivity index (χ0v) is 25.6. The van der Waals surface area contributed by atoms with Gasteiger partial charge in [-0.15, -0.1) is 11.5 Å². The van der Waals surface area contributed by atoms with Gasteiger partial charge in [0.05, 0.1) is 23.6 Å². The summed E-state index contributed by atoms with van der Waals surface area (Å²) in [5, 5.41) is 8.47. The molecule has 2 atom stereocenters. The molecule has 45 heavy (non-hydrogen) atoms. The molecule has 0 unspecified atom stereocenters. The quantitative estimate of drug-likeness (QED) is 0.194. The molecule has 3 aliphatic rings. The molecule has 3 aliphatic carbocycles. The lowest BCUT2D eigenvalue weighted by atomic mass is 9.61. The minimum atomic E-state index is -4.11. The molecule has 0 saturated heterocycles. The lowest BCUT2D eigenvalue weighted by molar-refractivity contribution is -0.154. The second-order valence-corrected chi connectivity index (χ2v) is 13.6. The monoisotopic (exact) mass is 626 g/mol. The first-order valence-corrected chi connectivity index (χ1v) is 16.4. The van der Waals surface area contributed by atoms with E-state index in [9.17, 15) is 17.6 Å². The van der Waals surface area contributed by atoms with Gasteiger partial charge in [0.1, 0.15) is 11.3 Å². The SMILES string of the molecule is C#Cc1cc2c(N[C@H]3C4CCC(CC4)[C@@H]3C(=O)OCC)nc(-c3cn(S(=O)(=O)c4ccc(C)cc4)c4ncc(F)cc34)nn2c1. The normalized spacial score (nSPS) is 21.2. The lowest BCUT2D eigenvalue weighted by Crippen LogP contribution is -2.52. The summed E-state index contributed by atoms with van der Waals surface area (Å²) >= 11 is 0. The molecule has 0 spiro atoms. The maximum absolute atomic E-state index is 14.6. The molecule has 3 fully saturated rings. The van der Waals surface area contributed by atoms with Crippen molar-refractivity contribution in [3.63, 3.8) is 0 Å². The number of nitrogens with one attached hydrogen (secondary N) is 1. The number of ether oxygens (including phenoxy) is 1. The van der Waals surface area contributed by atoms with E-state index in [-0.39, 0.29) is 57.1 Å². The van der Waals surface area contributed by atoms with Crippen molar-refractivity contribution >= 4 is 38.4 Å². The maximum Gasteiger partial charge on any atom is 0.311 e. The number of fused-ring (bicyclic) bond motifs is 5. The maximum atomic E-state index is 14.6. The van der Waals surface area contributed by atoms with E-state index in [1.54, 1.807) is 35.8 Å². The van der Waals surface area contributed by atoms with E-state index < -0.39 is 15.8 Å². The second-order valence-electron chi connectivity index (χ2n) is 11.8. The zero-order chi connectivity index (χ0) is 31.5. The van der Waals surface area contributed by atoms with Crippen LogP contribution in [0.1, 0.15) is 43.7 Å². The molecule has 2 bridgehead atoms. The molecule has 0 radical (unpaired) electrons. The number of anilines is 1. The Balaban J connectivity index is 1.39. The van der Waals surface area contributed by atoms with Gasteiger partial charge in [-0.05, 0) is 75.6 Å². The van der Waals surface area contributed by atoms with Crippen LogP contribution in [0.3, 0.4) is 0 Å². The lowest BCUT2D eigenvalue weighted by Gasteiger charge is -2.47. The molecule has 0 aliphatic heterocycles. The van der Waals surface area contributed by atoms with Crippen molar-refractivity contribution in [3.05, 3.63) is 71.9 Å². The van der Waals surface area contributed by atoms with Crippen molar-refractivity contribution in [2.75, 3.05) is 11.9 Å². The fourth-order valence-corrected chi connectivity index (χ4v) is 8.25. The van der Waals surface area contributed by atoms with Crippen LogP contribution in [-0.4, -0.2) is 50.6 Å². The highest BCUT2D eigenvalue weighted by molar-refractivity contribution is 7.90. The van der Waals surface area contributed by atoms with E-state index in [0.717, 1.165) is 41.4 Å². The third kappa shape index (κ3) is 4.91. The summed E-state index contributed by atoms with van der Waals surface area (Å²) in [6.07, 6.45) is 13.7. The molecular formula is C33H31FN6O4S. The number of carbonyl (C=O) groups is 1. The number of carbonyl (C=O) groups excluding carboxylic acids is 1. The summed E-state index contributed by atoms with van der Waals surface area (Å²) in [5.41, 5.74) is 2.36. The predicted octanol–water partition coefficient (Wildman–Crippen LogP) is 5.19. The molecule has 10 nitrogen and oxygen atoms in total. The van der Waals surface area contributed by atoms with E-state index in [4.69, 9.17) is 16.1 Å². The fourth-order valence-electron chi connectivity index (χ4n) is 6.93. The van der Waals surface area contributed by atoms with Crippen molar-refractivity contribution in [1.82, 2.24) is 23.6 Å². The topological polar surface area (TPSA) is 120 Å². The van der Waals surface area contributed by atoms with Gasteiger partial charge < -0.3 is 10.1 Å². The van der Waals surface area contributed by atoms with Gasteiger partial charge in [0.15, 0.2) is 17.3 Å². The first-order valence-electron chi connectivity index (χ1n) is 15.0. The van der Waals surface area contributed by atoms with Crippen LogP contribution < -0.4 is 5.32 Å². The average Bonchev–Trinajstić information content (AvgIpc) is 3.64. The van der Waals surface area contributed by atoms with Crippen molar-refractivity contribution in [3.8, 4) is 23.7 Å². The van der Waals surface area contributed by atoms with Crippen LogP contribution in [0.2, 0.25) is 0 Å². The molecule has 4 aromatic heterocycles. The number of esters is 1. The molecule has 3 saturated carbocycles. The molecule has 230 valence electrons. The van der Waals surface area contributed by atoms with Gasteiger partial charge in [0.25, 0.3) is 10.0 Å². The zero-order valence-electron chi connectivity index (χ0n) is 24.8. The van der Waals surface area contributed by atoms with E-state index in [2.05, 4.69) is 21.3 Å². The van der Waals surface area contributed by atoms with Gasteiger partial charge in [0.2, 0.25) is 0 Å². The highest BCUT2D eigenvalue weighted by Crippen LogP contribution is 2.47. The molecule has 4 heterocycles. The Morgan fingerprint density at radius 3 is 2.58 bits per heavy atom. The molecular weight excluding hydrogens is 595 g/mol. The number of hydrogen-bond acceptors (Lipinski definition) is 8. The minimum Gasteiger partial charge on any atom is -0.466 e. The van der Waals surface area contributed by atoms with Crippen LogP contribution in [0.4, 0.5) is 10.2 Å². The number of nitrogens with zero attached hydrogens (tertiary/aromatic N) is 5. The first kappa shape index (κ1) is 29.0. The van der Waals surface area contributed by atoms with Gasteiger partial charge in [0, 0.05) is 34.9 Å². The highest BCUT2D eigenvalue weighted by atomic mass is 32.2. The van der Waals surface area contributed by atoms with Crippen molar-refractivity contribution < 1.29 is 22.3 Å². The summed E-state index contributed by atoms with van der Waals surface area (Å²) < 4.78 is 50.3. The van der Waals surface area contributed by atoms with E-state index >= 15 is 0 Å². The Morgan fingerprint density at radius 1 is 1.13 bits per heavy atom. The first-order chi connectivity index (χ1) is 21.7. The van der Waals surface area contributed by atoms with Gasteiger partial charge in [-0.1, -0.05) is 23.6 Å². The number of rotatable bonds is 7. The minimum absolute atomic E-state index is 0.0361. The third-order valence-electron chi connectivity index (χ3n) is 9.11. The fraction of sp³-hybridized carbons (Fsp3) is 0.333. The summed E-state index contributed by atoms with van der Waals surface area (Å²) in [6.45, 7) is 3.96. The summed E-state index contributed by atoms with van der Waals surface area (Å²) in [5.74, 6) is 2.44. The highest BCUT2D eigenvalue weighted by Gasteiger charge is 2.48. The molecule has 1 aromatic carbocycles. The number of terminal acetylenes is 1. The molecule has 1 N–H and O–H groups in total. The second kappa shape index (κ2) is 11.0. The standard InChI is InChI=1S/C33H31FN6O4S/c1-4-20-14-27-31(36-29-22-10-8-21(9-11-22)28(29)33(41)44-5-2)37-30(38-39(27)17-20)26-18-40(32-25(26)15-23(34)16-35-32)45(42,43)24-12-6-19(3)7-13-24/h1,6-7,12-18,21-22,28-29H,5,8-11H2,2-3H3,(H,36,37,38)/t21?,22?,28-,29-/m0/s1. The van der Waals surface area contributed by atoms with Crippen LogP contribution in [0.25, 0.3) is 27.9 Å². The van der Waals surface area contributed by atoms with Gasteiger partial charge >= 0.3 is 5.97 Å². The third-order valence-corrected chi connectivity index (χ3v) is 10.8. The van der Waals surface area contributed by atoms with Crippen LogP contribution in [0.15, 0.2) is 59.9 Å². The Morgan fingerprint density at radius 2 is 1.87 bits per heavy atom. The number of aromatic nitrogens is 5. The number of pyridine rings is 1. The molecule has 0 amide bonds. The number of hydrogen-bond donors (Lipinski definition) is 1. The summed E-state index contributed by atoms with van der Waals surface area (Å²) in [4.78, 5) is 22.3. The van der Waals surface area contributed by atoms with Crippen molar-refractivity contribution in [2.45, 2.75) is 50.5 Å². The number of benzene rings is 1. The predicted molar refractivity (Wildman–Crippen MR) is 166 cm³/mol. The Labute approximate surface area is 259 Å². The Bertz CT molecular complexity index is 2110. The summed E-state index contributed by atoms with van der Waals surface area (Å²) in [6, 6.07) is 9.22. The van der Waals surface area contributed by atoms with Crippen LogP contribution in [0, 0.1) is 42.8 Å². The van der Waals surface area contributed by atoms with Gasteiger partial charge in [-0.3, -0.25) is 4.79 Å². The molecule has 12 heteroatoms. The van der Waals surface area contributed by atoms with Crippen molar-refractivity contribution in [1.29, 1.82) is 0 Å². The summed E-state index contributed by atoms with van der Waals surface area (Å²) in [7, 11) is -4.11. The molecule has 5 aromatic rings. The van der Waals surface area contributed by atoms with Gasteiger partial charge in [-0.2, -0.15) is 0 Å².